The van der Waals surface area contributed by atoms with Gasteiger partial charge in [0.25, 0.3) is 0 Å². The highest BCUT2D eigenvalue weighted by atomic mass is 16.7. The Morgan fingerprint density at radius 2 is 1.77 bits per heavy atom. The highest BCUT2D eigenvalue weighted by molar-refractivity contribution is 6.02. The normalized spacial score (nSPS) is 15.5. The van der Waals surface area contributed by atoms with E-state index in [1.807, 2.05) is 36.4 Å². The molecule has 1 heterocycles. The summed E-state index contributed by atoms with van der Waals surface area (Å²) in [6.45, 7) is 2.29. The first-order valence-corrected chi connectivity index (χ1v) is 10.1. The summed E-state index contributed by atoms with van der Waals surface area (Å²) in [4.78, 5) is 13.2. The molecule has 154 valence electrons. The lowest BCUT2D eigenvalue weighted by molar-refractivity contribution is -0.118. The van der Waals surface area contributed by atoms with Crippen molar-refractivity contribution in [3.8, 4) is 28.4 Å². The van der Waals surface area contributed by atoms with Crippen LogP contribution in [0.25, 0.3) is 11.1 Å². The van der Waals surface area contributed by atoms with Gasteiger partial charge in [0, 0.05) is 12.7 Å². The van der Waals surface area contributed by atoms with Crippen LogP contribution in [0.2, 0.25) is 0 Å². The topological polar surface area (TPSA) is 56.8 Å². The van der Waals surface area contributed by atoms with E-state index in [0.29, 0.717) is 5.75 Å². The molecule has 5 rings (SSSR count). The quantitative estimate of drug-likeness (QED) is 0.627. The third kappa shape index (κ3) is 3.16. The molecule has 2 aliphatic rings. The Labute approximate surface area is 177 Å². The van der Waals surface area contributed by atoms with E-state index in [0.717, 1.165) is 46.7 Å². The second-order valence-corrected chi connectivity index (χ2v) is 7.89. The molecule has 30 heavy (non-hydrogen) atoms. The summed E-state index contributed by atoms with van der Waals surface area (Å²) < 4.78 is 16.4. The largest absolute Gasteiger partial charge is 0.496 e. The number of carbonyl (C=O) groups is 1. The van der Waals surface area contributed by atoms with Crippen LogP contribution in [0.15, 0.2) is 60.7 Å². The van der Waals surface area contributed by atoms with E-state index in [1.54, 1.807) is 7.11 Å². The van der Waals surface area contributed by atoms with Crippen molar-refractivity contribution in [1.82, 2.24) is 0 Å². The first-order chi connectivity index (χ1) is 14.6. The lowest BCUT2D eigenvalue weighted by Gasteiger charge is -2.17. The number of rotatable bonds is 5. The maximum atomic E-state index is 13.2. The van der Waals surface area contributed by atoms with Gasteiger partial charge in [-0.3, -0.25) is 4.79 Å². The number of fused-ring (bicyclic) bond motifs is 1. The molecule has 0 unspecified atom stereocenters. The van der Waals surface area contributed by atoms with Gasteiger partial charge in [-0.1, -0.05) is 35.9 Å². The molecule has 5 heteroatoms. The summed E-state index contributed by atoms with van der Waals surface area (Å²) in [5.41, 5.74) is 4.40. The van der Waals surface area contributed by atoms with Crippen molar-refractivity contribution in [3.63, 3.8) is 0 Å². The number of amides is 1. The van der Waals surface area contributed by atoms with Crippen LogP contribution in [0.1, 0.15) is 25.4 Å². The molecule has 0 bridgehead atoms. The van der Waals surface area contributed by atoms with Gasteiger partial charge in [-0.25, -0.2) is 0 Å². The highest BCUT2D eigenvalue weighted by Gasteiger charge is 2.51. The van der Waals surface area contributed by atoms with E-state index in [9.17, 15) is 4.79 Å². The second kappa shape index (κ2) is 7.10. The van der Waals surface area contributed by atoms with E-state index in [-0.39, 0.29) is 14.1 Å². The van der Waals surface area contributed by atoms with E-state index in [1.165, 1.54) is 5.56 Å². The minimum Gasteiger partial charge on any atom is -0.496 e. The summed E-state index contributed by atoms with van der Waals surface area (Å²) in [6.07, 6.45) is 1.64. The number of ether oxygens (including phenoxy) is 3. The molecule has 3 aromatic rings. The van der Waals surface area contributed by atoms with Gasteiger partial charge in [0.05, 0.1) is 12.5 Å². The van der Waals surface area contributed by atoms with Crippen LogP contribution in [-0.2, 0) is 10.2 Å². The lowest BCUT2D eigenvalue weighted by Crippen LogP contribution is -2.27. The molecule has 1 aliphatic heterocycles. The number of methoxy groups -OCH3 is 1. The zero-order chi connectivity index (χ0) is 20.7. The minimum atomic E-state index is -0.509. The van der Waals surface area contributed by atoms with E-state index < -0.39 is 5.41 Å². The molecule has 1 amide bonds. The predicted molar refractivity (Wildman–Crippen MR) is 117 cm³/mol. The van der Waals surface area contributed by atoms with Crippen molar-refractivity contribution in [2.75, 3.05) is 19.2 Å². The third-order valence-corrected chi connectivity index (χ3v) is 5.93. The first-order valence-electron chi connectivity index (χ1n) is 10.1. The smallest absolute Gasteiger partial charge is 0.235 e. The standard InChI is InChI=1S/C25H23NO4.H2/c1-16-3-5-17(6-4-16)20-14-19(8-10-21(20)28-2)26-24(27)25(11-12-25)18-7-9-22-23(13-18)30-15-29-22;/h3-10,13-14H,11-12,15H2,1-2H3,(H,26,27);1H. The Kier molecular flexibility index (Phi) is 4.39. The molecule has 1 saturated carbocycles. The van der Waals surface area contributed by atoms with Crippen LogP contribution in [0.4, 0.5) is 5.69 Å². The van der Waals surface area contributed by atoms with Gasteiger partial charge in [-0.05, 0) is 61.2 Å². The van der Waals surface area contributed by atoms with Crippen molar-refractivity contribution >= 4 is 11.6 Å². The Morgan fingerprint density at radius 3 is 2.50 bits per heavy atom. The number of hydrogen-bond donors (Lipinski definition) is 1. The fourth-order valence-electron chi connectivity index (χ4n) is 3.96. The molecule has 0 aromatic heterocycles. The highest BCUT2D eigenvalue weighted by Crippen LogP contribution is 2.51. The molecular formula is C25H25NO4. The van der Waals surface area contributed by atoms with E-state index in [4.69, 9.17) is 14.2 Å². The van der Waals surface area contributed by atoms with Gasteiger partial charge >= 0.3 is 0 Å². The van der Waals surface area contributed by atoms with E-state index in [2.05, 4.69) is 36.5 Å². The van der Waals surface area contributed by atoms with Gasteiger partial charge in [0.15, 0.2) is 11.5 Å². The van der Waals surface area contributed by atoms with Crippen LogP contribution < -0.4 is 19.5 Å². The molecule has 0 atom stereocenters. The summed E-state index contributed by atoms with van der Waals surface area (Å²) >= 11 is 0. The number of nitrogens with one attached hydrogen (secondary N) is 1. The lowest BCUT2D eigenvalue weighted by atomic mass is 9.94. The Balaban J connectivity index is 0.00000231. The molecule has 5 nitrogen and oxygen atoms in total. The van der Waals surface area contributed by atoms with Crippen LogP contribution >= 0.6 is 0 Å². The number of anilines is 1. The first kappa shape index (κ1) is 18.6. The van der Waals surface area contributed by atoms with Crippen LogP contribution in [-0.4, -0.2) is 19.8 Å². The molecule has 0 spiro atoms. The van der Waals surface area contributed by atoms with Crippen LogP contribution in [0, 0.1) is 6.92 Å². The van der Waals surface area contributed by atoms with Crippen LogP contribution in [0.3, 0.4) is 0 Å². The minimum absolute atomic E-state index is 0. The van der Waals surface area contributed by atoms with Gasteiger partial charge in [-0.2, -0.15) is 0 Å². The van der Waals surface area contributed by atoms with Crippen molar-refractivity contribution in [3.05, 3.63) is 71.8 Å². The number of hydrogen-bond acceptors (Lipinski definition) is 4. The number of benzene rings is 3. The molecular weight excluding hydrogens is 378 g/mol. The molecule has 3 aromatic carbocycles. The Hall–Kier alpha value is -3.47. The van der Waals surface area contributed by atoms with Crippen molar-refractivity contribution in [2.24, 2.45) is 0 Å². The molecule has 1 aliphatic carbocycles. The third-order valence-electron chi connectivity index (χ3n) is 5.93. The van der Waals surface area contributed by atoms with Crippen molar-refractivity contribution in [1.29, 1.82) is 0 Å². The Morgan fingerprint density at radius 1 is 1.00 bits per heavy atom. The van der Waals surface area contributed by atoms with Crippen LogP contribution in [0.5, 0.6) is 17.2 Å². The maximum Gasteiger partial charge on any atom is 0.235 e. The summed E-state index contributed by atoms with van der Waals surface area (Å²) in [5.74, 6) is 2.21. The zero-order valence-corrected chi connectivity index (χ0v) is 17.0. The summed E-state index contributed by atoms with van der Waals surface area (Å²) in [6, 6.07) is 19.8. The average molecular weight is 403 g/mol. The monoisotopic (exact) mass is 403 g/mol. The van der Waals surface area contributed by atoms with E-state index >= 15 is 0 Å². The van der Waals surface area contributed by atoms with Crippen molar-refractivity contribution in [2.45, 2.75) is 25.2 Å². The summed E-state index contributed by atoms with van der Waals surface area (Å²) in [7, 11) is 1.66. The van der Waals surface area contributed by atoms with Gasteiger partial charge < -0.3 is 19.5 Å². The Bertz CT molecular complexity index is 1120. The fourth-order valence-corrected chi connectivity index (χ4v) is 3.96. The van der Waals surface area contributed by atoms with Crippen molar-refractivity contribution < 1.29 is 20.4 Å². The van der Waals surface area contributed by atoms with Gasteiger partial charge in [-0.15, -0.1) is 0 Å². The number of carbonyl (C=O) groups excluding carboxylic acids is 1. The van der Waals surface area contributed by atoms with Gasteiger partial charge in [0.2, 0.25) is 12.7 Å². The number of aryl methyl sites for hydroxylation is 1. The molecule has 1 N–H and O–H groups in total. The second-order valence-electron chi connectivity index (χ2n) is 7.89. The fraction of sp³-hybridized carbons (Fsp3) is 0.240. The maximum absolute atomic E-state index is 13.2. The van der Waals surface area contributed by atoms with Gasteiger partial charge in [0.1, 0.15) is 5.75 Å². The molecule has 0 saturated heterocycles. The molecule has 1 fully saturated rings. The predicted octanol–water partition coefficient (Wildman–Crippen LogP) is 5.32. The molecule has 0 radical (unpaired) electrons. The SMILES string of the molecule is COc1ccc(NC(=O)C2(c3ccc4c(c3)OCO4)CC2)cc1-c1ccc(C)cc1.[HH]. The summed E-state index contributed by atoms with van der Waals surface area (Å²) in [5, 5.41) is 3.12. The zero-order valence-electron chi connectivity index (χ0n) is 17.0. The average Bonchev–Trinajstić information content (AvgIpc) is 3.45.